The first kappa shape index (κ1) is 12.3. The van der Waals surface area contributed by atoms with E-state index in [0.717, 1.165) is 5.56 Å². The number of ether oxygens (including phenoxy) is 1. The van der Waals surface area contributed by atoms with Gasteiger partial charge in [0, 0.05) is 16.3 Å². The highest BCUT2D eigenvalue weighted by atomic mass is 35.5. The molecule has 0 spiro atoms. The average molecular weight is 259 g/mol. The van der Waals surface area contributed by atoms with Gasteiger partial charge in [-0.1, -0.05) is 23.7 Å². The molecular formula is C14H11ClN2O. The van der Waals surface area contributed by atoms with Gasteiger partial charge in [-0.25, -0.2) is 0 Å². The van der Waals surface area contributed by atoms with Crippen molar-refractivity contribution in [3.8, 4) is 11.8 Å². The number of nitrogen functional groups attached to an aromatic ring is 1. The monoisotopic (exact) mass is 258 g/mol. The molecule has 0 aliphatic rings. The number of nitriles is 1. The minimum absolute atomic E-state index is 0.280. The van der Waals surface area contributed by atoms with Crippen LogP contribution in [0.15, 0.2) is 42.5 Å². The Morgan fingerprint density at radius 2 is 2.00 bits per heavy atom. The zero-order valence-electron chi connectivity index (χ0n) is 9.56. The molecule has 0 aromatic heterocycles. The lowest BCUT2D eigenvalue weighted by molar-refractivity contribution is 0.305. The molecule has 4 heteroatoms. The fraction of sp³-hybridized carbons (Fsp3) is 0.0714. The van der Waals surface area contributed by atoms with Crippen LogP contribution < -0.4 is 10.5 Å². The summed E-state index contributed by atoms with van der Waals surface area (Å²) >= 11 is 6.04. The first-order valence-electron chi connectivity index (χ1n) is 5.36. The van der Waals surface area contributed by atoms with Gasteiger partial charge in [0.2, 0.25) is 0 Å². The Morgan fingerprint density at radius 3 is 2.78 bits per heavy atom. The van der Waals surface area contributed by atoms with Crippen LogP contribution in [0.3, 0.4) is 0 Å². The highest BCUT2D eigenvalue weighted by molar-refractivity contribution is 6.31. The third-order valence-corrected chi connectivity index (χ3v) is 2.83. The second kappa shape index (κ2) is 5.44. The van der Waals surface area contributed by atoms with Crippen molar-refractivity contribution < 1.29 is 4.74 Å². The number of benzene rings is 2. The van der Waals surface area contributed by atoms with E-state index in [1.165, 1.54) is 0 Å². The van der Waals surface area contributed by atoms with Crippen molar-refractivity contribution in [3.63, 3.8) is 0 Å². The zero-order chi connectivity index (χ0) is 13.0. The minimum Gasteiger partial charge on any atom is -0.487 e. The van der Waals surface area contributed by atoms with Crippen LogP contribution in [0.2, 0.25) is 5.02 Å². The van der Waals surface area contributed by atoms with Crippen molar-refractivity contribution >= 4 is 17.3 Å². The van der Waals surface area contributed by atoms with Crippen molar-refractivity contribution in [1.82, 2.24) is 0 Å². The van der Waals surface area contributed by atoms with Crippen LogP contribution in [0.1, 0.15) is 11.1 Å². The van der Waals surface area contributed by atoms with Crippen molar-refractivity contribution in [1.29, 1.82) is 5.26 Å². The zero-order valence-corrected chi connectivity index (χ0v) is 10.3. The van der Waals surface area contributed by atoms with Gasteiger partial charge in [-0.05, 0) is 30.3 Å². The average Bonchev–Trinajstić information content (AvgIpc) is 2.40. The number of para-hydroxylation sites is 1. The Morgan fingerprint density at radius 1 is 1.22 bits per heavy atom. The van der Waals surface area contributed by atoms with Crippen LogP contribution in [0.5, 0.6) is 5.75 Å². The molecule has 0 fully saturated rings. The van der Waals surface area contributed by atoms with Gasteiger partial charge in [-0.15, -0.1) is 0 Å². The molecule has 2 aromatic carbocycles. The lowest BCUT2D eigenvalue weighted by Gasteiger charge is -2.09. The molecule has 2 rings (SSSR count). The molecule has 0 heterocycles. The highest BCUT2D eigenvalue weighted by Gasteiger charge is 2.05. The molecule has 90 valence electrons. The third kappa shape index (κ3) is 2.73. The largest absolute Gasteiger partial charge is 0.487 e. The lowest BCUT2D eigenvalue weighted by Crippen LogP contribution is -1.99. The molecule has 0 radical (unpaired) electrons. The number of nitrogens with zero attached hydrogens (tertiary/aromatic N) is 1. The van der Waals surface area contributed by atoms with Gasteiger partial charge in [-0.2, -0.15) is 5.26 Å². The molecular weight excluding hydrogens is 248 g/mol. The van der Waals surface area contributed by atoms with Crippen LogP contribution in [0, 0.1) is 11.3 Å². The predicted octanol–water partition coefficient (Wildman–Crippen LogP) is 3.37. The molecule has 0 aliphatic heterocycles. The Bertz CT molecular complexity index is 605. The van der Waals surface area contributed by atoms with Crippen LogP contribution in [-0.2, 0) is 6.61 Å². The second-order valence-electron chi connectivity index (χ2n) is 3.75. The summed E-state index contributed by atoms with van der Waals surface area (Å²) in [6, 6.07) is 14.4. The highest BCUT2D eigenvalue weighted by Crippen LogP contribution is 2.22. The fourth-order valence-corrected chi connectivity index (χ4v) is 1.72. The van der Waals surface area contributed by atoms with E-state index in [1.807, 2.05) is 6.07 Å². The summed E-state index contributed by atoms with van der Waals surface area (Å²) in [5.41, 5.74) is 7.61. The summed E-state index contributed by atoms with van der Waals surface area (Å²) < 4.78 is 5.59. The van der Waals surface area contributed by atoms with E-state index in [1.54, 1.807) is 36.4 Å². The Kier molecular flexibility index (Phi) is 3.71. The van der Waals surface area contributed by atoms with Gasteiger partial charge in [0.1, 0.15) is 18.4 Å². The number of hydrogen-bond donors (Lipinski definition) is 1. The fourth-order valence-electron chi connectivity index (χ4n) is 1.55. The van der Waals surface area contributed by atoms with E-state index in [2.05, 4.69) is 6.07 Å². The molecule has 2 aromatic rings. The van der Waals surface area contributed by atoms with E-state index < -0.39 is 0 Å². The van der Waals surface area contributed by atoms with Gasteiger partial charge < -0.3 is 10.5 Å². The lowest BCUT2D eigenvalue weighted by atomic mass is 10.2. The number of hydrogen-bond acceptors (Lipinski definition) is 3. The molecule has 0 atom stereocenters. The van der Waals surface area contributed by atoms with E-state index in [-0.39, 0.29) is 6.61 Å². The predicted molar refractivity (Wildman–Crippen MR) is 71.4 cm³/mol. The van der Waals surface area contributed by atoms with Crippen molar-refractivity contribution in [2.24, 2.45) is 0 Å². The number of rotatable bonds is 3. The summed E-state index contributed by atoms with van der Waals surface area (Å²) in [5, 5.41) is 9.53. The number of halogens is 1. The van der Waals surface area contributed by atoms with E-state index >= 15 is 0 Å². The maximum Gasteiger partial charge on any atom is 0.137 e. The smallest absolute Gasteiger partial charge is 0.137 e. The molecule has 0 unspecified atom stereocenters. The Hall–Kier alpha value is -2.18. The van der Waals surface area contributed by atoms with Crippen LogP contribution in [0.25, 0.3) is 0 Å². The summed E-state index contributed by atoms with van der Waals surface area (Å²) in [5.74, 6) is 0.540. The normalized spacial score (nSPS) is 9.78. The molecule has 0 saturated heterocycles. The topological polar surface area (TPSA) is 59.0 Å². The second-order valence-corrected chi connectivity index (χ2v) is 4.15. The van der Waals surface area contributed by atoms with E-state index in [0.29, 0.717) is 22.0 Å². The maximum atomic E-state index is 8.94. The Balaban J connectivity index is 2.17. The molecule has 0 amide bonds. The first-order valence-corrected chi connectivity index (χ1v) is 5.74. The van der Waals surface area contributed by atoms with Crippen LogP contribution in [-0.4, -0.2) is 0 Å². The first-order chi connectivity index (χ1) is 8.70. The summed E-state index contributed by atoms with van der Waals surface area (Å²) in [6.45, 7) is 0.280. The third-order valence-electron chi connectivity index (χ3n) is 2.46. The van der Waals surface area contributed by atoms with Gasteiger partial charge in [0.15, 0.2) is 0 Å². The van der Waals surface area contributed by atoms with Crippen molar-refractivity contribution in [2.45, 2.75) is 6.61 Å². The molecule has 0 aliphatic carbocycles. The van der Waals surface area contributed by atoms with Gasteiger partial charge in [0.05, 0.1) is 5.56 Å². The standard InChI is InChI=1S/C14H11ClN2O/c15-13-6-5-12(17)7-11(13)9-18-14-4-2-1-3-10(14)8-16/h1-7H,9,17H2. The molecule has 3 nitrogen and oxygen atoms in total. The maximum absolute atomic E-state index is 8.94. The Labute approximate surface area is 110 Å². The van der Waals surface area contributed by atoms with E-state index in [9.17, 15) is 0 Å². The number of anilines is 1. The number of nitrogens with two attached hydrogens (primary N) is 1. The van der Waals surface area contributed by atoms with Crippen molar-refractivity contribution in [2.75, 3.05) is 5.73 Å². The van der Waals surface area contributed by atoms with Gasteiger partial charge >= 0.3 is 0 Å². The summed E-state index contributed by atoms with van der Waals surface area (Å²) in [4.78, 5) is 0. The SMILES string of the molecule is N#Cc1ccccc1OCc1cc(N)ccc1Cl. The van der Waals surface area contributed by atoms with Crippen LogP contribution >= 0.6 is 11.6 Å². The summed E-state index contributed by atoms with van der Waals surface area (Å²) in [6.07, 6.45) is 0. The molecule has 2 N–H and O–H groups in total. The molecule has 0 bridgehead atoms. The van der Waals surface area contributed by atoms with Crippen molar-refractivity contribution in [3.05, 3.63) is 58.6 Å². The quantitative estimate of drug-likeness (QED) is 0.859. The molecule has 18 heavy (non-hydrogen) atoms. The molecule has 0 saturated carbocycles. The van der Waals surface area contributed by atoms with Crippen LogP contribution in [0.4, 0.5) is 5.69 Å². The minimum atomic E-state index is 0.280. The van der Waals surface area contributed by atoms with Gasteiger partial charge in [-0.3, -0.25) is 0 Å². The van der Waals surface area contributed by atoms with Gasteiger partial charge in [0.25, 0.3) is 0 Å². The van der Waals surface area contributed by atoms with E-state index in [4.69, 9.17) is 27.3 Å². The summed E-state index contributed by atoms with van der Waals surface area (Å²) in [7, 11) is 0.